The Morgan fingerprint density at radius 3 is 2.15 bits per heavy atom. The second-order valence-electron chi connectivity index (χ2n) is 9.95. The molecule has 0 aliphatic heterocycles. The van der Waals surface area contributed by atoms with Crippen LogP contribution < -0.4 is 9.62 Å². The molecule has 3 aromatic carbocycles. The quantitative estimate of drug-likeness (QED) is 0.381. The van der Waals surface area contributed by atoms with Gasteiger partial charge in [0.2, 0.25) is 11.8 Å². The molecule has 3 rings (SSSR count). The summed E-state index contributed by atoms with van der Waals surface area (Å²) in [5.74, 6) is -2.64. The highest BCUT2D eigenvalue weighted by Gasteiger charge is 2.33. The Labute approximate surface area is 232 Å². The summed E-state index contributed by atoms with van der Waals surface area (Å²) >= 11 is 5.94. The van der Waals surface area contributed by atoms with E-state index in [2.05, 4.69) is 5.32 Å². The fourth-order valence-corrected chi connectivity index (χ4v) is 5.36. The van der Waals surface area contributed by atoms with Crippen LogP contribution in [0, 0.1) is 11.6 Å². The molecule has 11 heteroatoms. The molecule has 7 nitrogen and oxygen atoms in total. The van der Waals surface area contributed by atoms with E-state index in [1.165, 1.54) is 55.5 Å². The molecule has 0 spiro atoms. The number of anilines is 1. The van der Waals surface area contributed by atoms with E-state index in [0.717, 1.165) is 21.3 Å². The van der Waals surface area contributed by atoms with E-state index >= 15 is 0 Å². The van der Waals surface area contributed by atoms with Crippen LogP contribution in [0.15, 0.2) is 77.7 Å². The zero-order valence-corrected chi connectivity index (χ0v) is 23.6. The lowest BCUT2D eigenvalue weighted by Gasteiger charge is -2.33. The van der Waals surface area contributed by atoms with Gasteiger partial charge in [-0.05, 0) is 64.1 Å². The number of benzene rings is 3. The molecule has 0 fully saturated rings. The number of hydrogen-bond acceptors (Lipinski definition) is 4. The van der Waals surface area contributed by atoms with Crippen LogP contribution in [0.2, 0.25) is 5.02 Å². The summed E-state index contributed by atoms with van der Waals surface area (Å²) < 4.78 is 56.6. The van der Waals surface area contributed by atoms with Gasteiger partial charge in [-0.3, -0.25) is 13.9 Å². The van der Waals surface area contributed by atoms with Crippen molar-refractivity contribution in [2.75, 3.05) is 10.8 Å². The minimum atomic E-state index is -4.34. The van der Waals surface area contributed by atoms with Crippen molar-refractivity contribution in [3.05, 3.63) is 95.0 Å². The maximum Gasteiger partial charge on any atom is 0.264 e. The molecule has 0 aliphatic rings. The van der Waals surface area contributed by atoms with Crippen LogP contribution in [0.5, 0.6) is 0 Å². The van der Waals surface area contributed by atoms with Gasteiger partial charge in [-0.2, -0.15) is 0 Å². The average molecular weight is 578 g/mol. The molecule has 0 heterocycles. The van der Waals surface area contributed by atoms with Crippen LogP contribution in [0.25, 0.3) is 0 Å². The second kappa shape index (κ2) is 12.1. The summed E-state index contributed by atoms with van der Waals surface area (Å²) in [6.45, 7) is 5.73. The molecule has 1 atom stereocenters. The van der Waals surface area contributed by atoms with Crippen LogP contribution in [0.1, 0.15) is 33.3 Å². The first-order chi connectivity index (χ1) is 18.2. The predicted octanol–water partition coefficient (Wildman–Crippen LogP) is 5.15. The zero-order valence-electron chi connectivity index (χ0n) is 22.0. The highest BCUT2D eigenvalue weighted by Crippen LogP contribution is 2.28. The Hall–Kier alpha value is -3.50. The Morgan fingerprint density at radius 1 is 0.949 bits per heavy atom. The van der Waals surface area contributed by atoms with Gasteiger partial charge in [0.25, 0.3) is 10.0 Å². The van der Waals surface area contributed by atoms with E-state index in [1.807, 2.05) is 0 Å². The van der Waals surface area contributed by atoms with Gasteiger partial charge in [0.1, 0.15) is 24.2 Å². The summed E-state index contributed by atoms with van der Waals surface area (Å²) in [7, 11) is -4.34. The third kappa shape index (κ3) is 7.54. The first-order valence-corrected chi connectivity index (χ1v) is 13.9. The van der Waals surface area contributed by atoms with Gasteiger partial charge in [-0.15, -0.1) is 0 Å². The topological polar surface area (TPSA) is 86.8 Å². The maximum atomic E-state index is 14.6. The molecule has 2 amide bonds. The third-order valence-corrected chi connectivity index (χ3v) is 7.84. The first kappa shape index (κ1) is 30.0. The SMILES string of the molecule is CC(C(=O)NC(C)(C)C)N(Cc1ccccc1F)C(=O)CN(c1ccc(F)c(Cl)c1)S(=O)(=O)c1ccccc1. The molecule has 208 valence electrons. The lowest BCUT2D eigenvalue weighted by atomic mass is 10.1. The number of sulfonamides is 1. The number of nitrogens with zero attached hydrogens (tertiary/aromatic N) is 2. The van der Waals surface area contributed by atoms with Crippen molar-refractivity contribution in [2.45, 2.75) is 50.7 Å². The van der Waals surface area contributed by atoms with Crippen molar-refractivity contribution in [1.82, 2.24) is 10.2 Å². The third-order valence-electron chi connectivity index (χ3n) is 5.77. The lowest BCUT2D eigenvalue weighted by Crippen LogP contribution is -2.54. The molecule has 0 radical (unpaired) electrons. The standard InChI is InChI=1S/C28H30ClF2N3O4S/c1-19(27(36)32-28(2,3)4)33(17-20-10-8-9-13-24(20)30)26(35)18-34(21-14-15-25(31)23(29)16-21)39(37,38)22-11-6-5-7-12-22/h5-16,19H,17-18H2,1-4H3,(H,32,36). The minimum Gasteiger partial charge on any atom is -0.350 e. The van der Waals surface area contributed by atoms with Crippen molar-refractivity contribution in [3.8, 4) is 0 Å². The van der Waals surface area contributed by atoms with Crippen molar-refractivity contribution >= 4 is 39.1 Å². The summed E-state index contributed by atoms with van der Waals surface area (Å²) in [6.07, 6.45) is 0. The number of carbonyl (C=O) groups excluding carboxylic acids is 2. The number of halogens is 3. The molecule has 1 N–H and O–H groups in total. The Balaban J connectivity index is 2.06. The van der Waals surface area contributed by atoms with Gasteiger partial charge in [-0.1, -0.05) is 48.0 Å². The van der Waals surface area contributed by atoms with E-state index in [-0.39, 0.29) is 27.7 Å². The Morgan fingerprint density at radius 2 is 1.56 bits per heavy atom. The van der Waals surface area contributed by atoms with Gasteiger partial charge in [-0.25, -0.2) is 17.2 Å². The van der Waals surface area contributed by atoms with E-state index < -0.39 is 51.6 Å². The molecule has 0 saturated carbocycles. The molecule has 0 saturated heterocycles. The monoisotopic (exact) mass is 577 g/mol. The summed E-state index contributed by atoms with van der Waals surface area (Å²) in [6, 6.07) is 15.4. The maximum absolute atomic E-state index is 14.6. The van der Waals surface area contributed by atoms with Gasteiger partial charge in [0, 0.05) is 17.6 Å². The van der Waals surface area contributed by atoms with Crippen molar-refractivity contribution in [1.29, 1.82) is 0 Å². The fraction of sp³-hybridized carbons (Fsp3) is 0.286. The fourth-order valence-electron chi connectivity index (χ4n) is 3.76. The highest BCUT2D eigenvalue weighted by molar-refractivity contribution is 7.92. The smallest absolute Gasteiger partial charge is 0.264 e. The van der Waals surface area contributed by atoms with E-state index in [9.17, 15) is 26.8 Å². The number of nitrogens with one attached hydrogen (secondary N) is 1. The molecule has 39 heavy (non-hydrogen) atoms. The highest BCUT2D eigenvalue weighted by atomic mass is 35.5. The molecule has 0 bridgehead atoms. The van der Waals surface area contributed by atoms with Crippen molar-refractivity contribution in [2.24, 2.45) is 0 Å². The Kier molecular flexibility index (Phi) is 9.34. The Bertz CT molecular complexity index is 1450. The predicted molar refractivity (Wildman–Crippen MR) is 147 cm³/mol. The number of amides is 2. The molecular formula is C28H30ClF2N3O4S. The molecule has 0 aliphatic carbocycles. The molecule has 3 aromatic rings. The van der Waals surface area contributed by atoms with Gasteiger partial charge < -0.3 is 10.2 Å². The number of rotatable bonds is 9. The van der Waals surface area contributed by atoms with Crippen LogP contribution >= 0.6 is 11.6 Å². The van der Waals surface area contributed by atoms with Crippen LogP contribution in [-0.4, -0.2) is 43.3 Å². The summed E-state index contributed by atoms with van der Waals surface area (Å²) in [4.78, 5) is 27.8. The second-order valence-corrected chi connectivity index (χ2v) is 12.2. The van der Waals surface area contributed by atoms with E-state index in [1.54, 1.807) is 32.9 Å². The normalized spacial score (nSPS) is 12.5. The lowest BCUT2D eigenvalue weighted by molar-refractivity contribution is -0.140. The van der Waals surface area contributed by atoms with Gasteiger partial charge in [0.15, 0.2) is 0 Å². The molecule has 1 unspecified atom stereocenters. The largest absolute Gasteiger partial charge is 0.350 e. The van der Waals surface area contributed by atoms with Crippen LogP contribution in [0.3, 0.4) is 0 Å². The van der Waals surface area contributed by atoms with Crippen molar-refractivity contribution in [3.63, 3.8) is 0 Å². The van der Waals surface area contributed by atoms with E-state index in [0.29, 0.717) is 0 Å². The molecular weight excluding hydrogens is 548 g/mol. The van der Waals surface area contributed by atoms with Crippen molar-refractivity contribution < 1.29 is 26.8 Å². The minimum absolute atomic E-state index is 0.0590. The first-order valence-electron chi connectivity index (χ1n) is 12.1. The molecule has 0 aromatic heterocycles. The summed E-state index contributed by atoms with van der Waals surface area (Å²) in [5.41, 5.74) is -0.536. The number of carbonyl (C=O) groups is 2. The van der Waals surface area contributed by atoms with E-state index in [4.69, 9.17) is 11.6 Å². The average Bonchev–Trinajstić information content (AvgIpc) is 2.87. The van der Waals surface area contributed by atoms with Gasteiger partial charge in [0.05, 0.1) is 15.6 Å². The van der Waals surface area contributed by atoms with Gasteiger partial charge >= 0.3 is 0 Å². The van der Waals surface area contributed by atoms with Crippen LogP contribution in [-0.2, 0) is 26.2 Å². The van der Waals surface area contributed by atoms with Crippen LogP contribution in [0.4, 0.5) is 14.5 Å². The summed E-state index contributed by atoms with van der Waals surface area (Å²) in [5, 5.41) is 2.45. The zero-order chi connectivity index (χ0) is 29.0. The number of hydrogen-bond donors (Lipinski definition) is 1.